The molecule has 0 atom stereocenters. The van der Waals surface area contributed by atoms with Crippen LogP contribution >= 0.6 is 0 Å². The van der Waals surface area contributed by atoms with E-state index in [1.807, 2.05) is 66.7 Å². The first-order valence-corrected chi connectivity index (χ1v) is 7.48. The molecule has 5 heteroatoms. The minimum atomic E-state index is -0.141. The number of aromatic amines is 1. The molecule has 0 fully saturated rings. The van der Waals surface area contributed by atoms with Gasteiger partial charge in [0.05, 0.1) is 6.61 Å². The average molecular weight is 309 g/mol. The molecule has 3 rings (SSSR count). The van der Waals surface area contributed by atoms with Crippen molar-refractivity contribution in [3.63, 3.8) is 0 Å². The molecule has 118 valence electrons. The van der Waals surface area contributed by atoms with E-state index >= 15 is 0 Å². The van der Waals surface area contributed by atoms with E-state index in [1.54, 1.807) is 0 Å². The maximum absolute atomic E-state index is 12.3. The van der Waals surface area contributed by atoms with Crippen LogP contribution in [0.15, 0.2) is 54.7 Å². The quantitative estimate of drug-likeness (QED) is 0.679. The van der Waals surface area contributed by atoms with Crippen LogP contribution in [-0.4, -0.2) is 36.2 Å². The summed E-state index contributed by atoms with van der Waals surface area (Å²) in [7, 11) is 1.91. The van der Waals surface area contributed by atoms with Gasteiger partial charge in [-0.2, -0.15) is 0 Å². The molecule has 3 N–H and O–H groups in total. The molecule has 0 aliphatic heterocycles. The van der Waals surface area contributed by atoms with Crippen molar-refractivity contribution in [2.75, 3.05) is 30.4 Å². The molecule has 0 aliphatic carbocycles. The summed E-state index contributed by atoms with van der Waals surface area (Å²) in [6.07, 6.45) is 1.86. The van der Waals surface area contributed by atoms with Crippen molar-refractivity contribution in [2.24, 2.45) is 0 Å². The van der Waals surface area contributed by atoms with E-state index in [0.29, 0.717) is 12.1 Å². The Balaban J connectivity index is 1.71. The van der Waals surface area contributed by atoms with Crippen LogP contribution in [0, 0.1) is 0 Å². The van der Waals surface area contributed by atoms with Crippen molar-refractivity contribution < 1.29 is 9.90 Å². The number of aliphatic hydroxyl groups excluding tert-OH is 1. The summed E-state index contributed by atoms with van der Waals surface area (Å²) in [4.78, 5) is 17.4. The van der Waals surface area contributed by atoms with Gasteiger partial charge in [0.2, 0.25) is 0 Å². The lowest BCUT2D eigenvalue weighted by atomic mass is 10.1. The SMILES string of the molecule is CN(CCO)c1ccc(NC(=O)c2ccc3cc[nH]c3c2)cc1. The molecule has 0 spiro atoms. The number of H-pyrrole nitrogens is 1. The predicted molar refractivity (Wildman–Crippen MR) is 93.0 cm³/mol. The minimum Gasteiger partial charge on any atom is -0.395 e. The Morgan fingerprint density at radius 1 is 1.17 bits per heavy atom. The summed E-state index contributed by atoms with van der Waals surface area (Å²) in [5.41, 5.74) is 3.28. The predicted octanol–water partition coefficient (Wildman–Crippen LogP) is 2.85. The number of aromatic nitrogens is 1. The molecule has 1 aromatic heterocycles. The number of rotatable bonds is 5. The van der Waals surface area contributed by atoms with Crippen LogP contribution in [0.3, 0.4) is 0 Å². The van der Waals surface area contributed by atoms with Crippen molar-refractivity contribution >= 4 is 28.2 Å². The lowest BCUT2D eigenvalue weighted by molar-refractivity contribution is 0.102. The first-order valence-electron chi connectivity index (χ1n) is 7.48. The average Bonchev–Trinajstić information content (AvgIpc) is 3.03. The van der Waals surface area contributed by atoms with E-state index in [0.717, 1.165) is 22.3 Å². The molecule has 0 aliphatic rings. The molecule has 2 aromatic carbocycles. The lowest BCUT2D eigenvalue weighted by Crippen LogP contribution is -2.21. The summed E-state index contributed by atoms with van der Waals surface area (Å²) < 4.78 is 0. The largest absolute Gasteiger partial charge is 0.395 e. The molecule has 0 bridgehead atoms. The Morgan fingerprint density at radius 3 is 2.70 bits per heavy atom. The molecule has 0 saturated carbocycles. The summed E-state index contributed by atoms with van der Waals surface area (Å²) in [6, 6.07) is 15.1. The second-order valence-corrected chi connectivity index (χ2v) is 5.43. The Morgan fingerprint density at radius 2 is 1.96 bits per heavy atom. The number of amides is 1. The van der Waals surface area contributed by atoms with Crippen molar-refractivity contribution in [3.05, 3.63) is 60.3 Å². The Bertz CT molecular complexity index is 809. The molecule has 0 radical (unpaired) electrons. The van der Waals surface area contributed by atoms with Crippen LogP contribution in [0.2, 0.25) is 0 Å². The molecule has 23 heavy (non-hydrogen) atoms. The van der Waals surface area contributed by atoms with Gasteiger partial charge in [0.1, 0.15) is 0 Å². The summed E-state index contributed by atoms with van der Waals surface area (Å²) in [5, 5.41) is 12.9. The van der Waals surface area contributed by atoms with Gasteiger partial charge in [-0.15, -0.1) is 0 Å². The molecule has 0 saturated heterocycles. The van der Waals surface area contributed by atoms with Crippen LogP contribution in [0.5, 0.6) is 0 Å². The molecule has 0 unspecified atom stereocenters. The third kappa shape index (κ3) is 3.35. The highest BCUT2D eigenvalue weighted by Gasteiger charge is 2.08. The highest BCUT2D eigenvalue weighted by Crippen LogP contribution is 2.19. The summed E-state index contributed by atoms with van der Waals surface area (Å²) in [6.45, 7) is 0.679. The fraction of sp³-hybridized carbons (Fsp3) is 0.167. The van der Waals surface area contributed by atoms with Gasteiger partial charge in [0.25, 0.3) is 5.91 Å². The third-order valence-electron chi connectivity index (χ3n) is 3.82. The number of carbonyl (C=O) groups excluding carboxylic acids is 1. The molecular formula is C18H19N3O2. The normalized spacial score (nSPS) is 10.7. The highest BCUT2D eigenvalue weighted by molar-refractivity contribution is 6.06. The van der Waals surface area contributed by atoms with Gasteiger partial charge < -0.3 is 20.3 Å². The first-order chi connectivity index (χ1) is 11.2. The third-order valence-corrected chi connectivity index (χ3v) is 3.82. The number of carbonyl (C=O) groups is 1. The zero-order valence-electron chi connectivity index (χ0n) is 12.9. The van der Waals surface area contributed by atoms with E-state index in [-0.39, 0.29) is 12.5 Å². The van der Waals surface area contributed by atoms with Gasteiger partial charge in [-0.05, 0) is 47.9 Å². The van der Waals surface area contributed by atoms with Crippen LogP contribution < -0.4 is 10.2 Å². The van der Waals surface area contributed by atoms with Crippen LogP contribution in [0.25, 0.3) is 10.9 Å². The molecule has 1 amide bonds. The number of aliphatic hydroxyl groups is 1. The van der Waals surface area contributed by atoms with Gasteiger partial charge in [-0.25, -0.2) is 0 Å². The van der Waals surface area contributed by atoms with Crippen LogP contribution in [0.1, 0.15) is 10.4 Å². The monoisotopic (exact) mass is 309 g/mol. The maximum atomic E-state index is 12.3. The van der Waals surface area contributed by atoms with Gasteiger partial charge in [-0.3, -0.25) is 4.79 Å². The first kappa shape index (κ1) is 15.1. The van der Waals surface area contributed by atoms with Crippen LogP contribution in [0.4, 0.5) is 11.4 Å². The van der Waals surface area contributed by atoms with Crippen molar-refractivity contribution in [1.29, 1.82) is 0 Å². The van der Waals surface area contributed by atoms with Crippen molar-refractivity contribution in [1.82, 2.24) is 4.98 Å². The Hall–Kier alpha value is -2.79. The second kappa shape index (κ2) is 6.54. The van der Waals surface area contributed by atoms with Gasteiger partial charge in [0.15, 0.2) is 0 Å². The molecule has 1 heterocycles. The van der Waals surface area contributed by atoms with E-state index in [9.17, 15) is 4.79 Å². The second-order valence-electron chi connectivity index (χ2n) is 5.43. The number of fused-ring (bicyclic) bond motifs is 1. The van der Waals surface area contributed by atoms with E-state index < -0.39 is 0 Å². The number of nitrogens with zero attached hydrogens (tertiary/aromatic N) is 1. The maximum Gasteiger partial charge on any atom is 0.255 e. The summed E-state index contributed by atoms with van der Waals surface area (Å²) in [5.74, 6) is -0.141. The summed E-state index contributed by atoms with van der Waals surface area (Å²) >= 11 is 0. The zero-order valence-corrected chi connectivity index (χ0v) is 12.9. The molecule has 3 aromatic rings. The van der Waals surface area contributed by atoms with Gasteiger partial charge in [0, 0.05) is 42.2 Å². The minimum absolute atomic E-state index is 0.107. The van der Waals surface area contributed by atoms with Crippen LogP contribution in [-0.2, 0) is 0 Å². The van der Waals surface area contributed by atoms with Gasteiger partial charge in [-0.1, -0.05) is 6.07 Å². The van der Waals surface area contributed by atoms with E-state index in [2.05, 4.69) is 10.3 Å². The number of benzene rings is 2. The Kier molecular flexibility index (Phi) is 4.30. The molecular weight excluding hydrogens is 290 g/mol. The number of hydrogen-bond donors (Lipinski definition) is 3. The number of hydrogen-bond acceptors (Lipinski definition) is 3. The smallest absolute Gasteiger partial charge is 0.255 e. The van der Waals surface area contributed by atoms with Crippen molar-refractivity contribution in [3.8, 4) is 0 Å². The standard InChI is InChI=1S/C18H19N3O2/c1-21(10-11-22)16-6-4-15(5-7-16)20-18(23)14-3-2-13-8-9-19-17(13)12-14/h2-9,12,19,22H,10-11H2,1H3,(H,20,23). The number of likely N-dealkylation sites (N-methyl/N-ethyl adjacent to an activating group) is 1. The highest BCUT2D eigenvalue weighted by atomic mass is 16.3. The van der Waals surface area contributed by atoms with Gasteiger partial charge >= 0.3 is 0 Å². The topological polar surface area (TPSA) is 68.4 Å². The zero-order chi connectivity index (χ0) is 16.2. The van der Waals surface area contributed by atoms with E-state index in [1.165, 1.54) is 0 Å². The number of nitrogens with one attached hydrogen (secondary N) is 2. The fourth-order valence-electron chi connectivity index (χ4n) is 2.47. The van der Waals surface area contributed by atoms with Crippen molar-refractivity contribution in [2.45, 2.75) is 0 Å². The lowest BCUT2D eigenvalue weighted by Gasteiger charge is -2.18. The molecule has 5 nitrogen and oxygen atoms in total. The van der Waals surface area contributed by atoms with E-state index in [4.69, 9.17) is 5.11 Å². The Labute approximate surface area is 134 Å². The number of anilines is 2. The fourth-order valence-corrected chi connectivity index (χ4v) is 2.47.